The van der Waals surface area contributed by atoms with E-state index >= 15 is 0 Å². The van der Waals surface area contributed by atoms with E-state index in [4.69, 9.17) is 0 Å². The van der Waals surface area contributed by atoms with Gasteiger partial charge in [-0.05, 0) is 62.6 Å². The van der Waals surface area contributed by atoms with Crippen LogP contribution in [0.15, 0.2) is 66.0 Å². The number of nitrogens with one attached hydrogen (secondary N) is 2. The van der Waals surface area contributed by atoms with Crippen molar-refractivity contribution in [2.24, 2.45) is 5.92 Å². The van der Waals surface area contributed by atoms with Crippen molar-refractivity contribution in [3.05, 3.63) is 72.2 Å². The maximum Gasteiger partial charge on any atom is 0.281 e. The molecule has 3 aromatic heterocycles. The number of rotatable bonds is 8. The molecule has 2 N–H and O–H groups in total. The van der Waals surface area contributed by atoms with Crippen LogP contribution in [0.5, 0.6) is 0 Å². The van der Waals surface area contributed by atoms with Crippen molar-refractivity contribution in [3.8, 4) is 0 Å². The van der Waals surface area contributed by atoms with Crippen molar-refractivity contribution in [1.29, 1.82) is 0 Å². The fourth-order valence-electron chi connectivity index (χ4n) is 4.51. The van der Waals surface area contributed by atoms with Gasteiger partial charge in [-0.25, -0.2) is 14.7 Å². The third kappa shape index (κ3) is 5.76. The molecule has 1 aliphatic rings. The van der Waals surface area contributed by atoms with Crippen LogP contribution in [-0.4, -0.2) is 47.9 Å². The van der Waals surface area contributed by atoms with Crippen LogP contribution in [0.4, 0.5) is 11.6 Å². The van der Waals surface area contributed by atoms with Crippen LogP contribution in [0.2, 0.25) is 0 Å². The second-order valence-electron chi connectivity index (χ2n) is 9.40. The van der Waals surface area contributed by atoms with Gasteiger partial charge < -0.3 is 10.2 Å². The van der Waals surface area contributed by atoms with E-state index in [1.165, 1.54) is 6.07 Å². The summed E-state index contributed by atoms with van der Waals surface area (Å²) >= 11 is 0. The Hall–Kier alpha value is -3.53. The number of carbonyl (C=O) groups excluding carboxylic acids is 1. The summed E-state index contributed by atoms with van der Waals surface area (Å²) in [5.41, 5.74) is 0.931. The van der Waals surface area contributed by atoms with Gasteiger partial charge in [-0.2, -0.15) is 8.42 Å². The number of hydrogen-bond acceptors (Lipinski definition) is 8. The lowest BCUT2D eigenvalue weighted by Crippen LogP contribution is -2.41. The molecule has 1 amide bonds. The number of nitrogens with zero attached hydrogens (tertiary/aromatic N) is 4. The molecule has 1 fully saturated rings. The SMILES string of the molecule is CC1CN(c2ncccc2C(=O)NS(=O)(=O)c2cccc(NCCc3ccccn3)n2)C(C)(C)C1. The predicted molar refractivity (Wildman–Crippen MR) is 135 cm³/mol. The Kier molecular flexibility index (Phi) is 7.02. The van der Waals surface area contributed by atoms with Crippen molar-refractivity contribution in [3.63, 3.8) is 0 Å². The summed E-state index contributed by atoms with van der Waals surface area (Å²) in [6.07, 6.45) is 4.95. The van der Waals surface area contributed by atoms with E-state index < -0.39 is 15.9 Å². The number of pyridine rings is 3. The van der Waals surface area contributed by atoms with Gasteiger partial charge in [-0.3, -0.25) is 9.78 Å². The predicted octanol–water partition coefficient (Wildman–Crippen LogP) is 3.27. The standard InChI is InChI=1S/C25H30N6O3S/c1-18-16-25(2,3)31(17-18)23-20(9-7-14-28-23)24(32)30-35(33,34)22-11-6-10-21(29-22)27-15-12-19-8-4-5-13-26-19/h4-11,13-14,18H,12,15-17H2,1-3H3,(H,27,29)(H,30,32). The van der Waals surface area contributed by atoms with Crippen LogP contribution in [0.25, 0.3) is 0 Å². The molecule has 0 aromatic carbocycles. The summed E-state index contributed by atoms with van der Waals surface area (Å²) in [7, 11) is -4.20. The summed E-state index contributed by atoms with van der Waals surface area (Å²) < 4.78 is 28.2. The highest BCUT2D eigenvalue weighted by atomic mass is 32.2. The highest BCUT2D eigenvalue weighted by Crippen LogP contribution is 2.37. The lowest BCUT2D eigenvalue weighted by Gasteiger charge is -2.33. The van der Waals surface area contributed by atoms with E-state index in [1.807, 2.05) is 18.2 Å². The fraction of sp³-hybridized carbons (Fsp3) is 0.360. The van der Waals surface area contributed by atoms with Crippen LogP contribution >= 0.6 is 0 Å². The molecule has 4 heterocycles. The number of aromatic nitrogens is 3. The van der Waals surface area contributed by atoms with Crippen LogP contribution in [0.1, 0.15) is 43.2 Å². The van der Waals surface area contributed by atoms with Crippen molar-refractivity contribution >= 4 is 27.6 Å². The van der Waals surface area contributed by atoms with Gasteiger partial charge in [0, 0.05) is 43.1 Å². The molecule has 10 heteroatoms. The monoisotopic (exact) mass is 494 g/mol. The molecule has 1 atom stereocenters. The molecule has 9 nitrogen and oxygen atoms in total. The summed E-state index contributed by atoms with van der Waals surface area (Å²) in [5, 5.41) is 2.86. The molecule has 1 saturated heterocycles. The maximum absolute atomic E-state index is 13.1. The Morgan fingerprint density at radius 3 is 2.60 bits per heavy atom. The largest absolute Gasteiger partial charge is 0.370 e. The molecule has 0 bridgehead atoms. The van der Waals surface area contributed by atoms with Crippen LogP contribution in [0, 0.1) is 5.92 Å². The fourth-order valence-corrected chi connectivity index (χ4v) is 5.44. The molecule has 1 unspecified atom stereocenters. The minimum atomic E-state index is -4.20. The van der Waals surface area contributed by atoms with Crippen LogP contribution in [0.3, 0.4) is 0 Å². The van der Waals surface area contributed by atoms with E-state index in [2.05, 4.69) is 50.7 Å². The minimum absolute atomic E-state index is 0.196. The van der Waals surface area contributed by atoms with Gasteiger partial charge in [0.2, 0.25) is 0 Å². The lowest BCUT2D eigenvalue weighted by atomic mass is 9.97. The zero-order chi connectivity index (χ0) is 25.1. The van der Waals surface area contributed by atoms with Crippen molar-refractivity contribution < 1.29 is 13.2 Å². The zero-order valence-corrected chi connectivity index (χ0v) is 20.9. The minimum Gasteiger partial charge on any atom is -0.370 e. The Morgan fingerprint density at radius 1 is 1.09 bits per heavy atom. The van der Waals surface area contributed by atoms with Crippen molar-refractivity contribution in [1.82, 2.24) is 19.7 Å². The maximum atomic E-state index is 13.1. The van der Waals surface area contributed by atoms with E-state index in [0.29, 0.717) is 30.5 Å². The van der Waals surface area contributed by atoms with Gasteiger partial charge in [0.05, 0.1) is 5.56 Å². The molecule has 0 aliphatic carbocycles. The summed E-state index contributed by atoms with van der Waals surface area (Å²) in [4.78, 5) is 28.1. The summed E-state index contributed by atoms with van der Waals surface area (Å²) in [5.74, 6) is 0.570. The molecular weight excluding hydrogens is 464 g/mol. The Bertz CT molecular complexity index is 1300. The van der Waals surface area contributed by atoms with Gasteiger partial charge in [-0.1, -0.05) is 19.1 Å². The average molecular weight is 495 g/mol. The van der Waals surface area contributed by atoms with Gasteiger partial charge in [0.1, 0.15) is 11.6 Å². The quantitative estimate of drug-likeness (QED) is 0.490. The second-order valence-corrected chi connectivity index (χ2v) is 11.0. The molecular formula is C25H30N6O3S. The number of sulfonamides is 1. The third-order valence-electron chi connectivity index (χ3n) is 6.00. The molecule has 35 heavy (non-hydrogen) atoms. The molecule has 1 aliphatic heterocycles. The Balaban J connectivity index is 1.48. The van der Waals surface area contributed by atoms with Crippen LogP contribution in [-0.2, 0) is 16.4 Å². The normalized spacial score (nSPS) is 17.2. The number of anilines is 2. The van der Waals surface area contributed by atoms with E-state index in [1.54, 1.807) is 36.7 Å². The topological polar surface area (TPSA) is 117 Å². The smallest absolute Gasteiger partial charge is 0.281 e. The number of hydrogen-bond donors (Lipinski definition) is 2. The highest BCUT2D eigenvalue weighted by molar-refractivity contribution is 7.90. The Morgan fingerprint density at radius 2 is 1.89 bits per heavy atom. The first-order valence-corrected chi connectivity index (χ1v) is 13.0. The van der Waals surface area contributed by atoms with Gasteiger partial charge >= 0.3 is 0 Å². The number of carbonyl (C=O) groups is 1. The first-order chi connectivity index (χ1) is 16.7. The first-order valence-electron chi connectivity index (χ1n) is 11.6. The van der Waals surface area contributed by atoms with Gasteiger partial charge in [0.25, 0.3) is 15.9 Å². The molecule has 4 rings (SSSR count). The molecule has 0 spiro atoms. The van der Waals surface area contributed by atoms with E-state index in [9.17, 15) is 13.2 Å². The number of amides is 1. The lowest BCUT2D eigenvalue weighted by molar-refractivity contribution is 0.0981. The zero-order valence-electron chi connectivity index (χ0n) is 20.1. The van der Waals surface area contributed by atoms with Gasteiger partial charge in [-0.15, -0.1) is 0 Å². The van der Waals surface area contributed by atoms with Crippen molar-refractivity contribution in [2.75, 3.05) is 23.3 Å². The summed E-state index contributed by atoms with van der Waals surface area (Å²) in [6, 6.07) is 13.5. The molecule has 3 aromatic rings. The second kappa shape index (κ2) is 9.99. The van der Waals surface area contributed by atoms with Crippen molar-refractivity contribution in [2.45, 2.75) is 44.2 Å². The van der Waals surface area contributed by atoms with Crippen LogP contribution < -0.4 is 14.9 Å². The highest BCUT2D eigenvalue weighted by Gasteiger charge is 2.39. The summed E-state index contributed by atoms with van der Waals surface area (Å²) in [6.45, 7) is 7.62. The molecule has 0 radical (unpaired) electrons. The first kappa shape index (κ1) is 24.6. The third-order valence-corrected chi connectivity index (χ3v) is 7.23. The molecule has 0 saturated carbocycles. The average Bonchev–Trinajstić information content (AvgIpc) is 3.11. The van der Waals surface area contributed by atoms with E-state index in [0.717, 1.165) is 18.7 Å². The van der Waals surface area contributed by atoms with E-state index in [-0.39, 0.29) is 16.1 Å². The molecule has 184 valence electrons. The Labute approximate surface area is 206 Å². The van der Waals surface area contributed by atoms with Gasteiger partial charge in [0.15, 0.2) is 5.03 Å².